The quantitative estimate of drug-likeness (QED) is 0.773. The molecule has 0 spiro atoms. The Morgan fingerprint density at radius 2 is 2.00 bits per heavy atom. The van der Waals surface area contributed by atoms with E-state index < -0.39 is 0 Å². The number of pyridine rings is 1. The number of halogens is 1. The van der Waals surface area contributed by atoms with Crippen LogP contribution in [0.4, 0.5) is 0 Å². The van der Waals surface area contributed by atoms with Crippen molar-refractivity contribution in [3.8, 4) is 0 Å². The zero-order valence-corrected chi connectivity index (χ0v) is 13.7. The van der Waals surface area contributed by atoms with Crippen molar-refractivity contribution >= 4 is 32.6 Å². The van der Waals surface area contributed by atoms with Gasteiger partial charge in [-0.05, 0) is 30.2 Å². The Morgan fingerprint density at radius 3 is 2.71 bits per heavy atom. The molecule has 0 aliphatic carbocycles. The van der Waals surface area contributed by atoms with Gasteiger partial charge in [0, 0.05) is 29.5 Å². The molecule has 1 aliphatic rings. The zero-order chi connectivity index (χ0) is 14.8. The number of aromatic nitrogens is 1. The van der Waals surface area contributed by atoms with Crippen molar-refractivity contribution < 1.29 is 4.79 Å². The Kier molecular flexibility index (Phi) is 4.24. The van der Waals surface area contributed by atoms with Crippen molar-refractivity contribution in [3.63, 3.8) is 0 Å². The van der Waals surface area contributed by atoms with Crippen LogP contribution in [0.5, 0.6) is 0 Å². The molecule has 1 fully saturated rings. The highest BCUT2D eigenvalue weighted by Crippen LogP contribution is 2.26. The van der Waals surface area contributed by atoms with Crippen LogP contribution in [0, 0.1) is 5.92 Å². The first kappa shape index (κ1) is 14.5. The number of nitrogens with zero attached hydrogens (tertiary/aromatic N) is 2. The summed E-state index contributed by atoms with van der Waals surface area (Å²) in [5.74, 6) is 0.724. The fraction of sp³-hybridized carbons (Fsp3) is 0.412. The third-order valence-electron chi connectivity index (χ3n) is 4.35. The average Bonchev–Trinajstić information content (AvgIpc) is 2.53. The number of likely N-dealkylation sites (tertiary alicyclic amines) is 1. The predicted molar refractivity (Wildman–Crippen MR) is 88.8 cm³/mol. The smallest absolute Gasteiger partial charge is 0.273 e. The Morgan fingerprint density at radius 1 is 1.29 bits per heavy atom. The van der Waals surface area contributed by atoms with Crippen LogP contribution in [-0.2, 0) is 0 Å². The molecule has 110 valence electrons. The Hall–Kier alpha value is -1.42. The lowest BCUT2D eigenvalue weighted by Crippen LogP contribution is -2.40. The van der Waals surface area contributed by atoms with Gasteiger partial charge in [0.2, 0.25) is 0 Å². The molecule has 3 nitrogen and oxygen atoms in total. The number of hydrogen-bond donors (Lipinski definition) is 0. The molecule has 1 saturated heterocycles. The fourth-order valence-electron chi connectivity index (χ4n) is 3.00. The van der Waals surface area contributed by atoms with E-state index in [1.165, 1.54) is 0 Å². The van der Waals surface area contributed by atoms with Gasteiger partial charge in [-0.15, -0.1) is 0 Å². The molecule has 1 amide bonds. The number of hydrogen-bond acceptors (Lipinski definition) is 2. The minimum atomic E-state index is 0.0625. The van der Waals surface area contributed by atoms with Crippen LogP contribution in [0.2, 0.25) is 0 Å². The molecule has 0 bridgehead atoms. The molecule has 2 aromatic rings. The second-order valence-corrected chi connectivity index (χ2v) is 7.13. The standard InChI is InChI=1S/C17H19BrN2O/c1-12(18)13-7-10-20(11-8-13)17(21)16-15-5-3-2-4-14(15)6-9-19-16/h2-6,9,12-13H,7-8,10-11H2,1H3. The van der Waals surface area contributed by atoms with Crippen molar-refractivity contribution in [1.82, 2.24) is 9.88 Å². The van der Waals surface area contributed by atoms with Crippen molar-refractivity contribution in [2.75, 3.05) is 13.1 Å². The largest absolute Gasteiger partial charge is 0.337 e. The van der Waals surface area contributed by atoms with Crippen LogP contribution in [0.15, 0.2) is 36.5 Å². The Balaban J connectivity index is 1.82. The molecule has 2 heterocycles. The maximum absolute atomic E-state index is 12.7. The van der Waals surface area contributed by atoms with E-state index in [1.54, 1.807) is 6.20 Å². The number of carbonyl (C=O) groups is 1. The van der Waals surface area contributed by atoms with Gasteiger partial charge >= 0.3 is 0 Å². The van der Waals surface area contributed by atoms with E-state index in [0.717, 1.165) is 36.7 Å². The molecule has 1 aromatic carbocycles. The highest BCUT2D eigenvalue weighted by molar-refractivity contribution is 9.09. The summed E-state index contributed by atoms with van der Waals surface area (Å²) >= 11 is 3.65. The fourth-order valence-corrected chi connectivity index (χ4v) is 3.53. The van der Waals surface area contributed by atoms with Crippen LogP contribution >= 0.6 is 15.9 Å². The number of alkyl halides is 1. The molecule has 1 aliphatic heterocycles. The van der Waals surface area contributed by atoms with Gasteiger partial charge in [-0.1, -0.05) is 47.1 Å². The van der Waals surface area contributed by atoms with Gasteiger partial charge in [0.1, 0.15) is 5.69 Å². The van der Waals surface area contributed by atoms with Gasteiger partial charge in [-0.3, -0.25) is 9.78 Å². The van der Waals surface area contributed by atoms with Crippen LogP contribution in [0.1, 0.15) is 30.3 Å². The lowest BCUT2D eigenvalue weighted by molar-refractivity contribution is 0.0688. The summed E-state index contributed by atoms with van der Waals surface area (Å²) in [7, 11) is 0. The van der Waals surface area contributed by atoms with Gasteiger partial charge in [-0.2, -0.15) is 0 Å². The summed E-state index contributed by atoms with van der Waals surface area (Å²) < 4.78 is 0. The summed E-state index contributed by atoms with van der Waals surface area (Å²) in [6, 6.07) is 9.89. The van der Waals surface area contributed by atoms with Crippen molar-refractivity contribution in [1.29, 1.82) is 0 Å². The van der Waals surface area contributed by atoms with E-state index in [1.807, 2.05) is 35.2 Å². The van der Waals surface area contributed by atoms with Crippen molar-refractivity contribution in [3.05, 3.63) is 42.2 Å². The molecule has 1 unspecified atom stereocenters. The normalized spacial score (nSPS) is 17.9. The van der Waals surface area contributed by atoms with E-state index in [0.29, 0.717) is 16.4 Å². The van der Waals surface area contributed by atoms with E-state index in [4.69, 9.17) is 0 Å². The summed E-state index contributed by atoms with van der Waals surface area (Å²) in [5, 5.41) is 2.01. The lowest BCUT2D eigenvalue weighted by atomic mass is 9.94. The summed E-state index contributed by atoms with van der Waals surface area (Å²) in [4.78, 5) is 19.5. The number of benzene rings is 1. The monoisotopic (exact) mass is 346 g/mol. The van der Waals surface area contributed by atoms with Crippen LogP contribution in [-0.4, -0.2) is 33.7 Å². The SMILES string of the molecule is CC(Br)C1CCN(C(=O)c2nccc3ccccc23)CC1. The molecule has 1 atom stereocenters. The Bertz CT molecular complexity index is 643. The van der Waals surface area contributed by atoms with Gasteiger partial charge in [0.05, 0.1) is 0 Å². The second-order valence-electron chi connectivity index (χ2n) is 5.69. The number of amides is 1. The van der Waals surface area contributed by atoms with E-state index in [2.05, 4.69) is 27.8 Å². The van der Waals surface area contributed by atoms with E-state index in [9.17, 15) is 4.79 Å². The third kappa shape index (κ3) is 2.95. The minimum absolute atomic E-state index is 0.0625. The van der Waals surface area contributed by atoms with Crippen LogP contribution < -0.4 is 0 Å². The molecule has 4 heteroatoms. The highest BCUT2D eigenvalue weighted by atomic mass is 79.9. The second kappa shape index (κ2) is 6.14. The van der Waals surface area contributed by atoms with Crippen molar-refractivity contribution in [2.45, 2.75) is 24.6 Å². The maximum atomic E-state index is 12.7. The zero-order valence-electron chi connectivity index (χ0n) is 12.1. The highest BCUT2D eigenvalue weighted by Gasteiger charge is 2.27. The molecule has 1 aromatic heterocycles. The van der Waals surface area contributed by atoms with E-state index in [-0.39, 0.29) is 5.91 Å². The molecular weight excluding hydrogens is 328 g/mol. The first-order valence-electron chi connectivity index (χ1n) is 7.44. The lowest BCUT2D eigenvalue weighted by Gasteiger charge is -2.33. The van der Waals surface area contributed by atoms with E-state index >= 15 is 0 Å². The predicted octanol–water partition coefficient (Wildman–Crippen LogP) is 3.87. The van der Waals surface area contributed by atoms with Crippen molar-refractivity contribution in [2.24, 2.45) is 5.92 Å². The van der Waals surface area contributed by atoms with Crippen LogP contribution in [0.3, 0.4) is 0 Å². The summed E-state index contributed by atoms with van der Waals surface area (Å²) in [6.45, 7) is 3.84. The van der Waals surface area contributed by atoms with Crippen LogP contribution in [0.25, 0.3) is 10.8 Å². The number of piperidine rings is 1. The topological polar surface area (TPSA) is 33.2 Å². The van der Waals surface area contributed by atoms with Gasteiger partial charge < -0.3 is 4.90 Å². The molecule has 0 N–H and O–H groups in total. The molecule has 0 saturated carbocycles. The summed E-state index contributed by atoms with van der Waals surface area (Å²) in [5.41, 5.74) is 0.582. The Labute approximate surface area is 133 Å². The molecule has 0 radical (unpaired) electrons. The number of rotatable bonds is 2. The number of carbonyl (C=O) groups excluding carboxylic acids is 1. The van der Waals surface area contributed by atoms with Gasteiger partial charge in [0.15, 0.2) is 0 Å². The number of fused-ring (bicyclic) bond motifs is 1. The average molecular weight is 347 g/mol. The minimum Gasteiger partial charge on any atom is -0.337 e. The third-order valence-corrected chi connectivity index (χ3v) is 5.10. The maximum Gasteiger partial charge on any atom is 0.273 e. The molecule has 3 rings (SSSR count). The van der Waals surface area contributed by atoms with Gasteiger partial charge in [-0.25, -0.2) is 0 Å². The van der Waals surface area contributed by atoms with Gasteiger partial charge in [0.25, 0.3) is 5.91 Å². The molecular formula is C17H19BrN2O. The summed E-state index contributed by atoms with van der Waals surface area (Å²) in [6.07, 6.45) is 3.84. The first-order chi connectivity index (χ1) is 10.2. The first-order valence-corrected chi connectivity index (χ1v) is 8.35. The molecule has 21 heavy (non-hydrogen) atoms.